The maximum Gasteiger partial charge on any atom is 0.0708 e. The summed E-state index contributed by atoms with van der Waals surface area (Å²) in [7, 11) is 4.12. The number of hydrogen-bond acceptors (Lipinski definition) is 2. The largest absolute Gasteiger partial charge is 0.317 e. The minimum Gasteiger partial charge on any atom is -0.317 e. The number of rotatable bonds is 3. The highest BCUT2D eigenvalue weighted by Gasteiger charge is 2.35. The van der Waals surface area contributed by atoms with Gasteiger partial charge in [0.1, 0.15) is 0 Å². The minimum atomic E-state index is 0.394. The molecular formula is C16H23N3. The van der Waals surface area contributed by atoms with Crippen molar-refractivity contribution in [2.24, 2.45) is 12.5 Å². The van der Waals surface area contributed by atoms with Gasteiger partial charge in [0, 0.05) is 18.5 Å². The van der Waals surface area contributed by atoms with Crippen LogP contribution in [0, 0.1) is 5.41 Å². The van der Waals surface area contributed by atoms with Crippen molar-refractivity contribution in [1.82, 2.24) is 15.1 Å². The monoisotopic (exact) mass is 257 g/mol. The smallest absolute Gasteiger partial charge is 0.0708 e. The molecule has 1 aliphatic rings. The first-order chi connectivity index (χ1) is 9.11. The number of aromatic nitrogens is 2. The molecule has 1 aromatic carbocycles. The van der Waals surface area contributed by atoms with E-state index in [2.05, 4.69) is 43.6 Å². The van der Waals surface area contributed by atoms with E-state index >= 15 is 0 Å². The zero-order chi connectivity index (χ0) is 13.5. The maximum atomic E-state index is 4.75. The summed E-state index contributed by atoms with van der Waals surface area (Å²) >= 11 is 0. The van der Waals surface area contributed by atoms with Crippen molar-refractivity contribution < 1.29 is 0 Å². The number of para-hydroxylation sites is 1. The van der Waals surface area contributed by atoms with Crippen LogP contribution >= 0.6 is 0 Å². The van der Waals surface area contributed by atoms with Crippen LogP contribution < -0.4 is 5.32 Å². The molecule has 1 aromatic heterocycles. The lowest BCUT2D eigenvalue weighted by Crippen LogP contribution is -2.24. The molecule has 2 unspecified atom stereocenters. The molecule has 2 atom stereocenters. The van der Waals surface area contributed by atoms with Crippen LogP contribution in [0.5, 0.6) is 0 Å². The first-order valence-electron chi connectivity index (χ1n) is 7.19. The molecule has 1 heterocycles. The highest BCUT2D eigenvalue weighted by atomic mass is 15.3. The zero-order valence-corrected chi connectivity index (χ0v) is 12.1. The van der Waals surface area contributed by atoms with Crippen LogP contribution in [0.15, 0.2) is 24.3 Å². The van der Waals surface area contributed by atoms with E-state index in [4.69, 9.17) is 5.10 Å². The van der Waals surface area contributed by atoms with E-state index in [9.17, 15) is 0 Å². The van der Waals surface area contributed by atoms with E-state index in [1.54, 1.807) is 0 Å². The Morgan fingerprint density at radius 2 is 2.21 bits per heavy atom. The minimum absolute atomic E-state index is 0.394. The summed E-state index contributed by atoms with van der Waals surface area (Å²) in [6.07, 6.45) is 4.93. The zero-order valence-electron chi connectivity index (χ0n) is 12.1. The molecule has 0 radical (unpaired) electrons. The molecule has 0 amide bonds. The van der Waals surface area contributed by atoms with Gasteiger partial charge in [0.2, 0.25) is 0 Å². The fraction of sp³-hybridized carbons (Fsp3) is 0.562. The Kier molecular flexibility index (Phi) is 3.09. The molecule has 0 bridgehead atoms. The highest BCUT2D eigenvalue weighted by Crippen LogP contribution is 2.41. The van der Waals surface area contributed by atoms with Gasteiger partial charge >= 0.3 is 0 Å². The summed E-state index contributed by atoms with van der Waals surface area (Å²) in [4.78, 5) is 0. The van der Waals surface area contributed by atoms with Gasteiger partial charge in [0.25, 0.3) is 0 Å². The first kappa shape index (κ1) is 12.7. The van der Waals surface area contributed by atoms with Gasteiger partial charge in [-0.2, -0.15) is 5.10 Å². The van der Waals surface area contributed by atoms with Gasteiger partial charge < -0.3 is 5.32 Å². The second-order valence-electron chi connectivity index (χ2n) is 6.30. The molecule has 19 heavy (non-hydrogen) atoms. The SMILES string of the molecule is CNC1CCC(C)(Cc2nn(C)c3ccccc23)C1. The average Bonchev–Trinajstić information content (AvgIpc) is 2.93. The highest BCUT2D eigenvalue weighted by molar-refractivity contribution is 5.81. The van der Waals surface area contributed by atoms with Crippen molar-refractivity contribution in [3.8, 4) is 0 Å². The molecule has 3 rings (SSSR count). The lowest BCUT2D eigenvalue weighted by atomic mass is 9.83. The van der Waals surface area contributed by atoms with Crippen LogP contribution in [0.25, 0.3) is 10.9 Å². The summed E-state index contributed by atoms with van der Waals surface area (Å²) < 4.78 is 2.01. The maximum absolute atomic E-state index is 4.75. The van der Waals surface area contributed by atoms with Crippen molar-refractivity contribution >= 4 is 10.9 Å². The average molecular weight is 257 g/mol. The van der Waals surface area contributed by atoms with E-state index in [-0.39, 0.29) is 0 Å². The summed E-state index contributed by atoms with van der Waals surface area (Å²) in [5.74, 6) is 0. The summed E-state index contributed by atoms with van der Waals surface area (Å²) in [5.41, 5.74) is 2.90. The fourth-order valence-corrected chi connectivity index (χ4v) is 3.55. The Morgan fingerprint density at radius 1 is 1.42 bits per heavy atom. The summed E-state index contributed by atoms with van der Waals surface area (Å²) in [6.45, 7) is 2.41. The molecule has 0 spiro atoms. The molecule has 3 nitrogen and oxygen atoms in total. The van der Waals surface area contributed by atoms with Crippen molar-refractivity contribution in [3.63, 3.8) is 0 Å². The van der Waals surface area contributed by atoms with Crippen LogP contribution in [0.4, 0.5) is 0 Å². The Labute approximate surface area is 115 Å². The summed E-state index contributed by atoms with van der Waals surface area (Å²) in [6, 6.07) is 9.23. The Morgan fingerprint density at radius 3 is 2.95 bits per heavy atom. The van der Waals surface area contributed by atoms with Crippen molar-refractivity contribution in [2.75, 3.05) is 7.05 Å². The van der Waals surface area contributed by atoms with Crippen LogP contribution in [0.1, 0.15) is 31.9 Å². The molecule has 102 valence electrons. The van der Waals surface area contributed by atoms with Crippen LogP contribution in [0.2, 0.25) is 0 Å². The normalized spacial score (nSPS) is 27.2. The third-order valence-electron chi connectivity index (χ3n) is 4.67. The molecule has 2 aromatic rings. The van der Waals surface area contributed by atoms with E-state index in [0.717, 1.165) is 6.42 Å². The number of fused-ring (bicyclic) bond motifs is 1. The van der Waals surface area contributed by atoms with Gasteiger partial charge in [-0.05, 0) is 44.2 Å². The molecule has 1 saturated carbocycles. The third-order valence-corrected chi connectivity index (χ3v) is 4.67. The number of aryl methyl sites for hydroxylation is 1. The van der Waals surface area contributed by atoms with Gasteiger partial charge in [-0.1, -0.05) is 25.1 Å². The molecular weight excluding hydrogens is 234 g/mol. The molecule has 0 aliphatic heterocycles. The number of hydrogen-bond donors (Lipinski definition) is 1. The van der Waals surface area contributed by atoms with E-state index in [0.29, 0.717) is 11.5 Å². The number of benzene rings is 1. The van der Waals surface area contributed by atoms with Crippen LogP contribution in [-0.2, 0) is 13.5 Å². The number of nitrogens with zero attached hydrogens (tertiary/aromatic N) is 2. The van der Waals surface area contributed by atoms with Gasteiger partial charge in [-0.3, -0.25) is 4.68 Å². The molecule has 0 saturated heterocycles. The van der Waals surface area contributed by atoms with Crippen molar-refractivity contribution in [1.29, 1.82) is 0 Å². The third kappa shape index (κ3) is 2.27. The fourth-order valence-electron chi connectivity index (χ4n) is 3.55. The van der Waals surface area contributed by atoms with Gasteiger partial charge in [0.15, 0.2) is 0 Å². The van der Waals surface area contributed by atoms with E-state index < -0.39 is 0 Å². The van der Waals surface area contributed by atoms with Crippen molar-refractivity contribution in [2.45, 2.75) is 38.6 Å². The van der Waals surface area contributed by atoms with E-state index in [1.807, 2.05) is 11.7 Å². The Bertz CT molecular complexity index is 587. The van der Waals surface area contributed by atoms with Crippen LogP contribution in [-0.4, -0.2) is 22.9 Å². The van der Waals surface area contributed by atoms with Gasteiger partial charge in [0.05, 0.1) is 11.2 Å². The topological polar surface area (TPSA) is 29.9 Å². The van der Waals surface area contributed by atoms with Gasteiger partial charge in [-0.15, -0.1) is 0 Å². The van der Waals surface area contributed by atoms with E-state index in [1.165, 1.54) is 35.9 Å². The van der Waals surface area contributed by atoms with Gasteiger partial charge in [-0.25, -0.2) is 0 Å². The molecule has 1 aliphatic carbocycles. The Balaban J connectivity index is 1.90. The first-order valence-corrected chi connectivity index (χ1v) is 7.19. The summed E-state index contributed by atoms with van der Waals surface area (Å²) in [5, 5.41) is 9.49. The molecule has 1 fully saturated rings. The molecule has 3 heteroatoms. The lowest BCUT2D eigenvalue weighted by Gasteiger charge is -2.23. The quantitative estimate of drug-likeness (QED) is 0.916. The predicted octanol–water partition coefficient (Wildman–Crippen LogP) is 2.89. The number of nitrogens with one attached hydrogen (secondary N) is 1. The second kappa shape index (κ2) is 4.64. The standard InChI is InChI=1S/C16H23N3/c1-16(9-8-12(10-16)17-2)11-14-13-6-4-5-7-15(13)19(3)18-14/h4-7,12,17H,8-11H2,1-3H3. The predicted molar refractivity (Wildman–Crippen MR) is 79.2 cm³/mol. The lowest BCUT2D eigenvalue weighted by molar-refractivity contribution is 0.321. The Hall–Kier alpha value is -1.35. The second-order valence-corrected chi connectivity index (χ2v) is 6.30. The van der Waals surface area contributed by atoms with Crippen molar-refractivity contribution in [3.05, 3.63) is 30.0 Å². The van der Waals surface area contributed by atoms with Crippen LogP contribution in [0.3, 0.4) is 0 Å². The molecule has 1 N–H and O–H groups in total.